The lowest BCUT2D eigenvalue weighted by atomic mass is 10.0. The summed E-state index contributed by atoms with van der Waals surface area (Å²) in [5, 5.41) is 0. The molecule has 0 radical (unpaired) electrons. The first kappa shape index (κ1) is 11.4. The van der Waals surface area contributed by atoms with Gasteiger partial charge in [0.1, 0.15) is 5.82 Å². The minimum Gasteiger partial charge on any atom is -0.384 e. The van der Waals surface area contributed by atoms with Crippen molar-refractivity contribution in [3.05, 3.63) is 23.9 Å². The van der Waals surface area contributed by atoms with Gasteiger partial charge in [0.25, 0.3) is 0 Å². The molecule has 16 heavy (non-hydrogen) atoms. The van der Waals surface area contributed by atoms with Gasteiger partial charge in [0, 0.05) is 24.8 Å². The number of morpholine rings is 1. The number of aromatic nitrogens is 1. The van der Waals surface area contributed by atoms with E-state index in [9.17, 15) is 0 Å². The van der Waals surface area contributed by atoms with Crippen molar-refractivity contribution in [1.29, 1.82) is 0 Å². The molecule has 0 spiro atoms. The third kappa shape index (κ3) is 2.51. The van der Waals surface area contributed by atoms with Crippen LogP contribution in [0.3, 0.4) is 0 Å². The molecule has 0 saturated carbocycles. The largest absolute Gasteiger partial charge is 0.384 e. The van der Waals surface area contributed by atoms with Crippen molar-refractivity contribution in [2.45, 2.75) is 25.9 Å². The first-order valence-corrected chi connectivity index (χ1v) is 5.61. The van der Waals surface area contributed by atoms with Crippen molar-refractivity contribution in [1.82, 2.24) is 9.88 Å². The van der Waals surface area contributed by atoms with Crippen LogP contribution in [0.25, 0.3) is 0 Å². The van der Waals surface area contributed by atoms with Crippen molar-refractivity contribution < 1.29 is 4.74 Å². The van der Waals surface area contributed by atoms with Crippen LogP contribution in [0.1, 0.15) is 19.4 Å². The van der Waals surface area contributed by atoms with E-state index in [1.807, 2.05) is 12.1 Å². The highest BCUT2D eigenvalue weighted by atomic mass is 16.5. The number of anilines is 1. The first-order chi connectivity index (χ1) is 7.58. The van der Waals surface area contributed by atoms with Crippen LogP contribution in [0, 0.1) is 0 Å². The van der Waals surface area contributed by atoms with Crippen LogP contribution in [0.2, 0.25) is 0 Å². The number of nitrogens with zero attached hydrogens (tertiary/aromatic N) is 2. The molecule has 1 aromatic rings. The molecule has 1 saturated heterocycles. The molecule has 2 heterocycles. The standard InChI is InChI=1S/C12H19N3O/c1-12(2)9-16-6-5-15(12)8-10-3-4-14-11(13)7-10/h3-4,7H,5-6,8-9H2,1-2H3,(H2,13,14). The second kappa shape index (κ2) is 4.39. The van der Waals surface area contributed by atoms with E-state index in [0.29, 0.717) is 5.82 Å². The highest BCUT2D eigenvalue weighted by Crippen LogP contribution is 2.21. The minimum atomic E-state index is 0.0935. The maximum Gasteiger partial charge on any atom is 0.123 e. The molecule has 88 valence electrons. The molecule has 4 heteroatoms. The van der Waals surface area contributed by atoms with E-state index >= 15 is 0 Å². The number of nitrogen functional groups attached to an aromatic ring is 1. The molecule has 1 aromatic heterocycles. The summed E-state index contributed by atoms with van der Waals surface area (Å²) < 4.78 is 5.50. The van der Waals surface area contributed by atoms with Crippen molar-refractivity contribution in [2.24, 2.45) is 0 Å². The Hall–Kier alpha value is -1.13. The zero-order valence-corrected chi connectivity index (χ0v) is 9.94. The number of ether oxygens (including phenoxy) is 1. The molecule has 0 unspecified atom stereocenters. The molecule has 0 aromatic carbocycles. The van der Waals surface area contributed by atoms with E-state index in [1.54, 1.807) is 6.20 Å². The van der Waals surface area contributed by atoms with Gasteiger partial charge >= 0.3 is 0 Å². The fourth-order valence-corrected chi connectivity index (χ4v) is 2.00. The number of nitrogens with two attached hydrogens (primary N) is 1. The SMILES string of the molecule is CC1(C)COCCN1Cc1ccnc(N)c1. The van der Waals surface area contributed by atoms with E-state index in [1.165, 1.54) is 5.56 Å². The van der Waals surface area contributed by atoms with Crippen LogP contribution in [-0.4, -0.2) is 35.2 Å². The summed E-state index contributed by atoms with van der Waals surface area (Å²) in [6, 6.07) is 3.95. The second-order valence-corrected chi connectivity index (χ2v) is 4.88. The third-order valence-electron chi connectivity index (χ3n) is 3.04. The Kier molecular flexibility index (Phi) is 3.12. The zero-order valence-electron chi connectivity index (χ0n) is 9.94. The Labute approximate surface area is 96.4 Å². The number of hydrogen-bond donors (Lipinski definition) is 1. The topological polar surface area (TPSA) is 51.4 Å². The van der Waals surface area contributed by atoms with Crippen molar-refractivity contribution >= 4 is 5.82 Å². The van der Waals surface area contributed by atoms with Crippen LogP contribution in [0.4, 0.5) is 5.82 Å². The van der Waals surface area contributed by atoms with Crippen LogP contribution < -0.4 is 5.73 Å². The molecule has 0 aliphatic carbocycles. The Morgan fingerprint density at radius 2 is 2.38 bits per heavy atom. The Morgan fingerprint density at radius 3 is 3.06 bits per heavy atom. The Bertz CT molecular complexity index is 365. The molecule has 1 fully saturated rings. The van der Waals surface area contributed by atoms with Crippen molar-refractivity contribution in [2.75, 3.05) is 25.5 Å². The van der Waals surface area contributed by atoms with Gasteiger partial charge in [0.15, 0.2) is 0 Å². The number of hydrogen-bond acceptors (Lipinski definition) is 4. The quantitative estimate of drug-likeness (QED) is 0.817. The molecule has 2 rings (SSSR count). The third-order valence-corrected chi connectivity index (χ3v) is 3.04. The summed E-state index contributed by atoms with van der Waals surface area (Å²) in [6.45, 7) is 7.88. The van der Waals surface area contributed by atoms with E-state index < -0.39 is 0 Å². The summed E-state index contributed by atoms with van der Waals surface area (Å²) in [7, 11) is 0. The van der Waals surface area contributed by atoms with Crippen LogP contribution in [0.5, 0.6) is 0 Å². The molecular weight excluding hydrogens is 202 g/mol. The summed E-state index contributed by atoms with van der Waals surface area (Å²) in [6.07, 6.45) is 1.76. The molecule has 1 aliphatic heterocycles. The second-order valence-electron chi connectivity index (χ2n) is 4.88. The summed E-state index contributed by atoms with van der Waals surface area (Å²) in [4.78, 5) is 6.43. The lowest BCUT2D eigenvalue weighted by Crippen LogP contribution is -2.52. The van der Waals surface area contributed by atoms with Gasteiger partial charge in [-0.05, 0) is 31.5 Å². The van der Waals surface area contributed by atoms with Gasteiger partial charge in [-0.1, -0.05) is 0 Å². The molecule has 0 atom stereocenters. The average molecular weight is 221 g/mol. The smallest absolute Gasteiger partial charge is 0.123 e. The molecular formula is C12H19N3O. The Morgan fingerprint density at radius 1 is 1.56 bits per heavy atom. The zero-order chi connectivity index (χ0) is 11.6. The summed E-state index contributed by atoms with van der Waals surface area (Å²) in [5.41, 5.74) is 6.98. The van der Waals surface area contributed by atoms with Crippen LogP contribution in [0.15, 0.2) is 18.3 Å². The average Bonchev–Trinajstić information content (AvgIpc) is 2.21. The van der Waals surface area contributed by atoms with Gasteiger partial charge in [-0.2, -0.15) is 0 Å². The van der Waals surface area contributed by atoms with Gasteiger partial charge in [0.05, 0.1) is 13.2 Å². The minimum absolute atomic E-state index is 0.0935. The summed E-state index contributed by atoms with van der Waals surface area (Å²) in [5.74, 6) is 0.587. The van der Waals surface area contributed by atoms with Gasteiger partial charge in [0.2, 0.25) is 0 Å². The normalized spacial score (nSPS) is 20.9. The molecule has 0 amide bonds. The number of rotatable bonds is 2. The fourth-order valence-electron chi connectivity index (χ4n) is 2.00. The maximum absolute atomic E-state index is 5.68. The highest BCUT2D eigenvalue weighted by Gasteiger charge is 2.30. The van der Waals surface area contributed by atoms with E-state index in [4.69, 9.17) is 10.5 Å². The molecule has 1 aliphatic rings. The van der Waals surface area contributed by atoms with Crippen LogP contribution in [-0.2, 0) is 11.3 Å². The van der Waals surface area contributed by atoms with Crippen molar-refractivity contribution in [3.8, 4) is 0 Å². The van der Waals surface area contributed by atoms with Crippen molar-refractivity contribution in [3.63, 3.8) is 0 Å². The van der Waals surface area contributed by atoms with Gasteiger partial charge in [-0.25, -0.2) is 4.98 Å². The fraction of sp³-hybridized carbons (Fsp3) is 0.583. The van der Waals surface area contributed by atoms with Gasteiger partial charge in [-0.3, -0.25) is 4.90 Å². The predicted octanol–water partition coefficient (Wildman–Crippen LogP) is 1.27. The Balaban J connectivity index is 2.08. The lowest BCUT2D eigenvalue weighted by Gasteiger charge is -2.42. The maximum atomic E-state index is 5.68. The monoisotopic (exact) mass is 221 g/mol. The predicted molar refractivity (Wildman–Crippen MR) is 64.0 cm³/mol. The van der Waals surface area contributed by atoms with E-state index in [0.717, 1.165) is 26.3 Å². The highest BCUT2D eigenvalue weighted by molar-refractivity contribution is 5.31. The van der Waals surface area contributed by atoms with E-state index in [2.05, 4.69) is 23.7 Å². The molecule has 2 N–H and O–H groups in total. The van der Waals surface area contributed by atoms with Crippen LogP contribution >= 0.6 is 0 Å². The molecule has 0 bridgehead atoms. The summed E-state index contributed by atoms with van der Waals surface area (Å²) >= 11 is 0. The van der Waals surface area contributed by atoms with Gasteiger partial charge < -0.3 is 10.5 Å². The van der Waals surface area contributed by atoms with Gasteiger partial charge in [-0.15, -0.1) is 0 Å². The first-order valence-electron chi connectivity index (χ1n) is 5.61. The molecule has 4 nitrogen and oxygen atoms in total. The lowest BCUT2D eigenvalue weighted by molar-refractivity contribution is -0.0552. The van der Waals surface area contributed by atoms with E-state index in [-0.39, 0.29) is 5.54 Å². The number of pyridine rings is 1.